The Hall–Kier alpha value is -1.62. The van der Waals surface area contributed by atoms with E-state index in [9.17, 15) is 4.79 Å². The van der Waals surface area contributed by atoms with E-state index in [1.807, 2.05) is 13.0 Å². The van der Waals surface area contributed by atoms with Crippen LogP contribution in [-0.2, 0) is 19.4 Å². The van der Waals surface area contributed by atoms with Gasteiger partial charge in [0.1, 0.15) is 5.65 Å². The molecule has 0 aliphatic heterocycles. The van der Waals surface area contributed by atoms with Crippen molar-refractivity contribution in [2.75, 3.05) is 6.54 Å². The summed E-state index contributed by atoms with van der Waals surface area (Å²) in [7, 11) is 0. The molecule has 2 aromatic rings. The Morgan fingerprint density at radius 1 is 1.33 bits per heavy atom. The van der Waals surface area contributed by atoms with Gasteiger partial charge < -0.3 is 10.3 Å². The van der Waals surface area contributed by atoms with E-state index < -0.39 is 0 Å². The zero-order valence-corrected chi connectivity index (χ0v) is 11.0. The molecule has 0 aromatic carbocycles. The van der Waals surface area contributed by atoms with Crippen molar-refractivity contribution in [3.8, 4) is 0 Å². The summed E-state index contributed by atoms with van der Waals surface area (Å²) in [5, 5.41) is 4.32. The fraction of sp³-hybridized carbons (Fsp3) is 0.538. The van der Waals surface area contributed by atoms with Crippen LogP contribution < -0.4 is 11.3 Å². The van der Waals surface area contributed by atoms with Crippen molar-refractivity contribution in [1.29, 1.82) is 0 Å². The monoisotopic (exact) mass is 248 g/mol. The second-order valence-electron chi connectivity index (χ2n) is 4.37. The first kappa shape index (κ1) is 12.8. The minimum Gasteiger partial charge on any atom is -0.330 e. The molecule has 5 nitrogen and oxygen atoms in total. The Kier molecular flexibility index (Phi) is 3.81. The van der Waals surface area contributed by atoms with Gasteiger partial charge in [-0.2, -0.15) is 9.61 Å². The van der Waals surface area contributed by atoms with Gasteiger partial charge in [-0.25, -0.2) is 0 Å². The number of nitrogens with zero attached hydrogens (tertiary/aromatic N) is 3. The van der Waals surface area contributed by atoms with Crippen molar-refractivity contribution in [3.63, 3.8) is 0 Å². The first-order chi connectivity index (χ1) is 8.71. The molecule has 2 N–H and O–H groups in total. The van der Waals surface area contributed by atoms with Crippen LogP contribution in [0.15, 0.2) is 16.9 Å². The molecule has 0 fully saturated rings. The van der Waals surface area contributed by atoms with Gasteiger partial charge in [0.2, 0.25) is 0 Å². The average Bonchev–Trinajstić information content (AvgIpc) is 2.81. The normalized spacial score (nSPS) is 11.3. The van der Waals surface area contributed by atoms with Crippen molar-refractivity contribution in [2.24, 2.45) is 5.73 Å². The lowest BCUT2D eigenvalue weighted by Crippen LogP contribution is -2.21. The van der Waals surface area contributed by atoms with E-state index in [0.29, 0.717) is 6.54 Å². The van der Waals surface area contributed by atoms with Gasteiger partial charge in [0.05, 0.1) is 5.69 Å². The third kappa shape index (κ3) is 2.18. The molecular formula is C13H20N4O. The van der Waals surface area contributed by atoms with Crippen LogP contribution >= 0.6 is 0 Å². The number of hydrogen-bond donors (Lipinski definition) is 1. The molecule has 18 heavy (non-hydrogen) atoms. The highest BCUT2D eigenvalue weighted by Gasteiger charge is 2.10. The van der Waals surface area contributed by atoms with Crippen LogP contribution in [0, 0.1) is 0 Å². The van der Waals surface area contributed by atoms with E-state index in [4.69, 9.17) is 5.73 Å². The predicted molar refractivity (Wildman–Crippen MR) is 71.9 cm³/mol. The van der Waals surface area contributed by atoms with Crippen LogP contribution in [0.2, 0.25) is 0 Å². The molecule has 2 rings (SSSR count). The van der Waals surface area contributed by atoms with Crippen LogP contribution in [0.4, 0.5) is 0 Å². The van der Waals surface area contributed by atoms with Crippen LogP contribution in [0.25, 0.3) is 5.65 Å². The molecule has 5 heteroatoms. The Morgan fingerprint density at radius 2 is 2.11 bits per heavy atom. The van der Waals surface area contributed by atoms with Crippen molar-refractivity contribution < 1.29 is 0 Å². The highest BCUT2D eigenvalue weighted by atomic mass is 16.1. The zero-order chi connectivity index (χ0) is 13.1. The molecule has 0 aliphatic rings. The van der Waals surface area contributed by atoms with Crippen molar-refractivity contribution in [1.82, 2.24) is 14.2 Å². The van der Waals surface area contributed by atoms with Gasteiger partial charge in [0.25, 0.3) is 5.56 Å². The van der Waals surface area contributed by atoms with Gasteiger partial charge in [-0.05, 0) is 32.7 Å². The van der Waals surface area contributed by atoms with Crippen LogP contribution in [0.3, 0.4) is 0 Å². The summed E-state index contributed by atoms with van der Waals surface area (Å²) < 4.78 is 3.64. The number of fused-ring (bicyclic) bond motifs is 1. The van der Waals surface area contributed by atoms with Gasteiger partial charge in [-0.15, -0.1) is 0 Å². The average molecular weight is 248 g/mol. The highest BCUT2D eigenvalue weighted by molar-refractivity contribution is 5.42. The fourth-order valence-electron chi connectivity index (χ4n) is 2.23. The number of aromatic nitrogens is 3. The fourth-order valence-corrected chi connectivity index (χ4v) is 2.23. The molecule has 0 unspecified atom stereocenters. The molecule has 0 amide bonds. The Bertz CT molecular complexity index is 597. The summed E-state index contributed by atoms with van der Waals surface area (Å²) >= 11 is 0. The van der Waals surface area contributed by atoms with E-state index in [2.05, 4.69) is 16.6 Å². The zero-order valence-electron chi connectivity index (χ0n) is 11.0. The van der Waals surface area contributed by atoms with E-state index in [1.54, 1.807) is 6.07 Å². The van der Waals surface area contributed by atoms with Crippen LogP contribution in [0.1, 0.15) is 31.7 Å². The Balaban J connectivity index is 2.62. The van der Waals surface area contributed by atoms with Crippen LogP contribution in [0.5, 0.6) is 0 Å². The quantitative estimate of drug-likeness (QED) is 0.857. The van der Waals surface area contributed by atoms with Gasteiger partial charge >= 0.3 is 0 Å². The molecule has 98 valence electrons. The lowest BCUT2D eigenvalue weighted by atomic mass is 10.2. The van der Waals surface area contributed by atoms with Gasteiger partial charge in [0.15, 0.2) is 0 Å². The lowest BCUT2D eigenvalue weighted by molar-refractivity contribution is 0.668. The summed E-state index contributed by atoms with van der Waals surface area (Å²) in [6.45, 7) is 5.59. The van der Waals surface area contributed by atoms with Crippen molar-refractivity contribution >= 4 is 5.65 Å². The maximum absolute atomic E-state index is 12.0. The van der Waals surface area contributed by atoms with E-state index in [-0.39, 0.29) is 5.56 Å². The smallest absolute Gasteiger partial charge is 0.274 e. The van der Waals surface area contributed by atoms with Gasteiger partial charge in [0, 0.05) is 24.4 Å². The van der Waals surface area contributed by atoms with E-state index in [0.717, 1.165) is 42.8 Å². The topological polar surface area (TPSA) is 65.3 Å². The molecule has 0 bridgehead atoms. The summed E-state index contributed by atoms with van der Waals surface area (Å²) in [5.41, 5.74) is 8.36. The van der Waals surface area contributed by atoms with Gasteiger partial charge in [-0.1, -0.05) is 6.92 Å². The van der Waals surface area contributed by atoms with E-state index in [1.165, 1.54) is 4.52 Å². The standard InChI is InChI=1S/C13H20N4O/c1-3-10-8-12-16(4-2)11(6-5-7-14)9-13(18)17(12)15-10/h8-9H,3-7,14H2,1-2H3. The Labute approximate surface area is 106 Å². The first-order valence-corrected chi connectivity index (χ1v) is 6.52. The molecule has 0 aliphatic carbocycles. The first-order valence-electron chi connectivity index (χ1n) is 6.52. The predicted octanol–water partition coefficient (Wildman–Crippen LogP) is 0.970. The molecular weight excluding hydrogens is 228 g/mol. The third-order valence-corrected chi connectivity index (χ3v) is 3.18. The lowest BCUT2D eigenvalue weighted by Gasteiger charge is -2.12. The minimum absolute atomic E-state index is 0.0542. The summed E-state index contributed by atoms with van der Waals surface area (Å²) in [5.74, 6) is 0. The second-order valence-corrected chi connectivity index (χ2v) is 4.37. The molecule has 0 radical (unpaired) electrons. The summed E-state index contributed by atoms with van der Waals surface area (Å²) in [6, 6.07) is 3.68. The Morgan fingerprint density at radius 3 is 2.72 bits per heavy atom. The maximum atomic E-state index is 12.0. The molecule has 0 spiro atoms. The molecule has 2 heterocycles. The molecule has 0 saturated carbocycles. The number of nitrogens with two attached hydrogens (primary N) is 1. The van der Waals surface area contributed by atoms with E-state index >= 15 is 0 Å². The second kappa shape index (κ2) is 5.35. The molecule has 2 aromatic heterocycles. The van der Waals surface area contributed by atoms with Gasteiger partial charge in [-0.3, -0.25) is 4.79 Å². The van der Waals surface area contributed by atoms with Crippen LogP contribution in [-0.4, -0.2) is 20.7 Å². The summed E-state index contributed by atoms with van der Waals surface area (Å²) in [4.78, 5) is 12.0. The number of hydrogen-bond acceptors (Lipinski definition) is 3. The van der Waals surface area contributed by atoms with Crippen molar-refractivity contribution in [3.05, 3.63) is 33.9 Å². The highest BCUT2D eigenvalue weighted by Crippen LogP contribution is 2.10. The molecule has 0 atom stereocenters. The summed E-state index contributed by atoms with van der Waals surface area (Å²) in [6.07, 6.45) is 2.57. The number of rotatable bonds is 5. The SMILES string of the molecule is CCc1cc2n(CC)c(CCCN)cc(=O)n2n1. The molecule has 0 saturated heterocycles. The minimum atomic E-state index is -0.0542. The largest absolute Gasteiger partial charge is 0.330 e. The number of aryl methyl sites for hydroxylation is 3. The van der Waals surface area contributed by atoms with Crippen molar-refractivity contribution in [2.45, 2.75) is 39.7 Å². The maximum Gasteiger partial charge on any atom is 0.274 e. The third-order valence-electron chi connectivity index (χ3n) is 3.18.